The van der Waals surface area contributed by atoms with Crippen molar-refractivity contribution in [3.63, 3.8) is 0 Å². The molecule has 3 aliphatic rings. The molecular formula is C20H28N2O2. The Hall–Kier alpha value is -1.39. The van der Waals surface area contributed by atoms with E-state index in [4.69, 9.17) is 4.74 Å². The van der Waals surface area contributed by atoms with Crippen LogP contribution in [0.2, 0.25) is 0 Å². The third kappa shape index (κ3) is 3.98. The summed E-state index contributed by atoms with van der Waals surface area (Å²) in [7, 11) is 0. The number of carbonyl (C=O) groups excluding carboxylic acids is 1. The molecule has 0 aromatic heterocycles. The van der Waals surface area contributed by atoms with Crippen LogP contribution in [0.4, 0.5) is 0 Å². The third-order valence-electron chi connectivity index (χ3n) is 5.75. The normalized spacial score (nSPS) is 30.1. The van der Waals surface area contributed by atoms with Gasteiger partial charge in [0.2, 0.25) is 5.91 Å². The molecule has 1 aliphatic carbocycles. The van der Waals surface area contributed by atoms with E-state index < -0.39 is 0 Å². The minimum atomic E-state index is -0.215. The number of hydrogen-bond donors (Lipinski definition) is 1. The zero-order chi connectivity index (χ0) is 16.4. The molecule has 3 fully saturated rings. The summed E-state index contributed by atoms with van der Waals surface area (Å²) < 4.78 is 6.11. The highest BCUT2D eigenvalue weighted by atomic mass is 16.5. The molecule has 4 nitrogen and oxygen atoms in total. The van der Waals surface area contributed by atoms with Crippen LogP contribution in [0, 0.1) is 11.8 Å². The van der Waals surface area contributed by atoms with E-state index in [-0.39, 0.29) is 18.1 Å². The molecule has 1 N–H and O–H groups in total. The van der Waals surface area contributed by atoms with Crippen LogP contribution in [0.5, 0.6) is 0 Å². The van der Waals surface area contributed by atoms with Gasteiger partial charge in [-0.25, -0.2) is 0 Å². The Morgan fingerprint density at radius 2 is 2.04 bits per heavy atom. The molecule has 3 atom stereocenters. The van der Waals surface area contributed by atoms with Gasteiger partial charge >= 0.3 is 0 Å². The number of hydrogen-bond acceptors (Lipinski definition) is 3. The SMILES string of the molecule is O=C(NCC1CC1)[C@@H]1C[C@@H]2CCN(CCc3ccccc3)C[C@H]2O1. The lowest BCUT2D eigenvalue weighted by molar-refractivity contribution is -0.132. The molecule has 0 spiro atoms. The molecule has 2 aliphatic heterocycles. The van der Waals surface area contributed by atoms with E-state index in [1.54, 1.807) is 0 Å². The monoisotopic (exact) mass is 328 g/mol. The summed E-state index contributed by atoms with van der Waals surface area (Å²) in [6.45, 7) is 4.03. The highest BCUT2D eigenvalue weighted by molar-refractivity contribution is 5.81. The van der Waals surface area contributed by atoms with Gasteiger partial charge in [0.1, 0.15) is 6.10 Å². The zero-order valence-corrected chi connectivity index (χ0v) is 14.3. The molecule has 2 saturated heterocycles. The van der Waals surface area contributed by atoms with Crippen molar-refractivity contribution in [1.82, 2.24) is 10.2 Å². The standard InChI is InChI=1S/C20H28N2O2/c23-20(21-13-16-6-7-16)18-12-17-9-11-22(14-19(17)24-18)10-8-15-4-2-1-3-5-15/h1-5,16-19H,6-14H2,(H,21,23)/t17-,18-,19+/m0/s1. The van der Waals surface area contributed by atoms with Crippen LogP contribution in [0.1, 0.15) is 31.2 Å². The smallest absolute Gasteiger partial charge is 0.249 e. The average molecular weight is 328 g/mol. The summed E-state index contributed by atoms with van der Waals surface area (Å²) in [6.07, 6.45) is 5.73. The van der Waals surface area contributed by atoms with Gasteiger partial charge in [-0.3, -0.25) is 4.79 Å². The molecule has 1 aromatic carbocycles. The van der Waals surface area contributed by atoms with Crippen LogP contribution in [0.3, 0.4) is 0 Å². The van der Waals surface area contributed by atoms with Crippen LogP contribution in [-0.2, 0) is 16.0 Å². The summed E-state index contributed by atoms with van der Waals surface area (Å²) >= 11 is 0. The Labute approximate surface area is 144 Å². The molecule has 2 heterocycles. The molecule has 130 valence electrons. The van der Waals surface area contributed by atoms with Crippen molar-refractivity contribution in [2.75, 3.05) is 26.2 Å². The maximum Gasteiger partial charge on any atom is 0.249 e. The van der Waals surface area contributed by atoms with Crippen molar-refractivity contribution in [2.24, 2.45) is 11.8 Å². The Morgan fingerprint density at radius 1 is 1.21 bits per heavy atom. The second kappa shape index (κ2) is 7.24. The lowest BCUT2D eigenvalue weighted by Gasteiger charge is -2.34. The van der Waals surface area contributed by atoms with Crippen LogP contribution < -0.4 is 5.32 Å². The summed E-state index contributed by atoms with van der Waals surface area (Å²) in [5, 5.41) is 3.08. The fourth-order valence-corrected chi connectivity index (χ4v) is 3.98. The topological polar surface area (TPSA) is 41.6 Å². The molecule has 0 unspecified atom stereocenters. The largest absolute Gasteiger partial charge is 0.364 e. The van der Waals surface area contributed by atoms with Crippen LogP contribution >= 0.6 is 0 Å². The van der Waals surface area contributed by atoms with Gasteiger partial charge in [0.15, 0.2) is 0 Å². The van der Waals surface area contributed by atoms with Crippen molar-refractivity contribution < 1.29 is 9.53 Å². The fraction of sp³-hybridized carbons (Fsp3) is 0.650. The molecule has 1 aromatic rings. The second-order valence-electron chi connectivity index (χ2n) is 7.67. The van der Waals surface area contributed by atoms with E-state index in [1.165, 1.54) is 18.4 Å². The van der Waals surface area contributed by atoms with Gasteiger partial charge in [-0.15, -0.1) is 0 Å². The number of rotatable bonds is 6. The number of likely N-dealkylation sites (tertiary alicyclic amines) is 1. The quantitative estimate of drug-likeness (QED) is 0.871. The maximum atomic E-state index is 12.3. The number of nitrogens with one attached hydrogen (secondary N) is 1. The van der Waals surface area contributed by atoms with E-state index in [9.17, 15) is 4.79 Å². The minimum Gasteiger partial charge on any atom is -0.364 e. The highest BCUT2D eigenvalue weighted by Crippen LogP contribution is 2.33. The third-order valence-corrected chi connectivity index (χ3v) is 5.75. The number of carbonyl (C=O) groups is 1. The number of ether oxygens (including phenoxy) is 1. The van der Waals surface area contributed by atoms with Gasteiger partial charge in [0, 0.05) is 19.6 Å². The lowest BCUT2D eigenvalue weighted by Crippen LogP contribution is -2.43. The van der Waals surface area contributed by atoms with Gasteiger partial charge in [0.05, 0.1) is 6.10 Å². The molecular weight excluding hydrogens is 300 g/mol. The van der Waals surface area contributed by atoms with E-state index in [2.05, 4.69) is 40.5 Å². The van der Waals surface area contributed by atoms with E-state index >= 15 is 0 Å². The maximum absolute atomic E-state index is 12.3. The first-order valence-corrected chi connectivity index (χ1v) is 9.47. The molecule has 0 bridgehead atoms. The van der Waals surface area contributed by atoms with E-state index in [0.717, 1.165) is 51.4 Å². The molecule has 1 amide bonds. The predicted octanol–water partition coefficient (Wildman–Crippen LogP) is 2.23. The Kier molecular flexibility index (Phi) is 4.86. The molecule has 1 saturated carbocycles. The summed E-state index contributed by atoms with van der Waals surface area (Å²) in [5.41, 5.74) is 1.39. The van der Waals surface area contributed by atoms with Crippen molar-refractivity contribution in [3.8, 4) is 0 Å². The molecule has 4 heteroatoms. The minimum absolute atomic E-state index is 0.118. The summed E-state index contributed by atoms with van der Waals surface area (Å²) in [5.74, 6) is 1.41. The average Bonchev–Trinajstić information content (AvgIpc) is 3.35. The van der Waals surface area contributed by atoms with E-state index in [1.807, 2.05) is 0 Å². The summed E-state index contributed by atoms with van der Waals surface area (Å²) in [6, 6.07) is 10.7. The lowest BCUT2D eigenvalue weighted by atomic mass is 9.91. The zero-order valence-electron chi connectivity index (χ0n) is 14.3. The van der Waals surface area contributed by atoms with Crippen LogP contribution in [0.15, 0.2) is 30.3 Å². The predicted molar refractivity (Wildman–Crippen MR) is 93.7 cm³/mol. The number of amides is 1. The fourth-order valence-electron chi connectivity index (χ4n) is 3.98. The molecule has 4 rings (SSSR count). The number of nitrogens with zero attached hydrogens (tertiary/aromatic N) is 1. The van der Waals surface area contributed by atoms with Crippen molar-refractivity contribution in [2.45, 2.75) is 44.3 Å². The first-order chi connectivity index (χ1) is 11.8. The van der Waals surface area contributed by atoms with Gasteiger partial charge in [-0.05, 0) is 56.0 Å². The van der Waals surface area contributed by atoms with Crippen LogP contribution in [-0.4, -0.2) is 49.2 Å². The molecule has 0 radical (unpaired) electrons. The van der Waals surface area contributed by atoms with Gasteiger partial charge in [-0.1, -0.05) is 30.3 Å². The molecule has 24 heavy (non-hydrogen) atoms. The van der Waals surface area contributed by atoms with Gasteiger partial charge in [0.25, 0.3) is 0 Å². The number of fused-ring (bicyclic) bond motifs is 1. The van der Waals surface area contributed by atoms with Crippen molar-refractivity contribution in [3.05, 3.63) is 35.9 Å². The Balaban J connectivity index is 1.23. The highest BCUT2D eigenvalue weighted by Gasteiger charge is 2.41. The Bertz CT molecular complexity index is 558. The first-order valence-electron chi connectivity index (χ1n) is 9.47. The second-order valence-corrected chi connectivity index (χ2v) is 7.67. The van der Waals surface area contributed by atoms with Gasteiger partial charge < -0.3 is 15.0 Å². The first kappa shape index (κ1) is 16.1. The van der Waals surface area contributed by atoms with Crippen LogP contribution in [0.25, 0.3) is 0 Å². The number of piperidine rings is 1. The van der Waals surface area contributed by atoms with Crippen molar-refractivity contribution >= 4 is 5.91 Å². The Morgan fingerprint density at radius 3 is 2.83 bits per heavy atom. The van der Waals surface area contributed by atoms with Gasteiger partial charge in [-0.2, -0.15) is 0 Å². The van der Waals surface area contributed by atoms with E-state index in [0.29, 0.717) is 5.92 Å². The van der Waals surface area contributed by atoms with Crippen molar-refractivity contribution in [1.29, 1.82) is 0 Å². The number of benzene rings is 1. The summed E-state index contributed by atoms with van der Waals surface area (Å²) in [4.78, 5) is 14.8.